The Morgan fingerprint density at radius 3 is 2.05 bits per heavy atom. The summed E-state index contributed by atoms with van der Waals surface area (Å²) in [5.74, 6) is -0.322. The fraction of sp³-hybridized carbons (Fsp3) is 0.333. The first kappa shape index (κ1) is 15.2. The second-order valence-electron chi connectivity index (χ2n) is 3.61. The van der Waals surface area contributed by atoms with Gasteiger partial charge in [-0.25, -0.2) is 4.98 Å². The van der Waals surface area contributed by atoms with E-state index in [0.29, 0.717) is 5.56 Å². The van der Waals surface area contributed by atoms with Gasteiger partial charge >= 0.3 is 0 Å². The molecular weight excluding hydrogens is 287 g/mol. The molecule has 19 heavy (non-hydrogen) atoms. The Hall–Kier alpha value is -1.82. The summed E-state index contributed by atoms with van der Waals surface area (Å²) >= 11 is 11.5. The predicted molar refractivity (Wildman–Crippen MR) is 70.6 cm³/mol. The van der Waals surface area contributed by atoms with Gasteiger partial charge in [-0.15, -0.1) is 0 Å². The highest BCUT2D eigenvalue weighted by Crippen LogP contribution is 2.16. The molecule has 0 aliphatic carbocycles. The van der Waals surface area contributed by atoms with Crippen LogP contribution in [0.2, 0.25) is 10.3 Å². The van der Waals surface area contributed by atoms with E-state index in [2.05, 4.69) is 4.98 Å². The van der Waals surface area contributed by atoms with E-state index < -0.39 is 0 Å². The van der Waals surface area contributed by atoms with Crippen molar-refractivity contribution in [3.05, 3.63) is 28.0 Å². The van der Waals surface area contributed by atoms with Crippen LogP contribution in [0.15, 0.2) is 12.1 Å². The van der Waals surface area contributed by atoms with Crippen LogP contribution in [0.3, 0.4) is 0 Å². The van der Waals surface area contributed by atoms with Crippen LogP contribution in [0.5, 0.6) is 0 Å². The highest BCUT2D eigenvalue weighted by atomic mass is 35.5. The largest absolute Gasteiger partial charge is 0.337 e. The van der Waals surface area contributed by atoms with E-state index >= 15 is 0 Å². The fourth-order valence-corrected chi connectivity index (χ4v) is 1.92. The highest BCUT2D eigenvalue weighted by Gasteiger charge is 2.16. The van der Waals surface area contributed by atoms with Crippen molar-refractivity contribution in [1.29, 1.82) is 10.5 Å². The SMILES string of the molecule is N#CCCN(CCC#N)C(=O)c1cc(Cl)nc(Cl)c1. The second-order valence-corrected chi connectivity index (χ2v) is 4.38. The zero-order chi connectivity index (χ0) is 14.3. The maximum Gasteiger partial charge on any atom is 0.254 e. The molecule has 1 aromatic heterocycles. The lowest BCUT2D eigenvalue weighted by molar-refractivity contribution is 0.0762. The van der Waals surface area contributed by atoms with E-state index in [1.165, 1.54) is 17.0 Å². The summed E-state index contributed by atoms with van der Waals surface area (Å²) in [6.07, 6.45) is 0.396. The van der Waals surface area contributed by atoms with Gasteiger partial charge in [0.25, 0.3) is 5.91 Å². The molecule has 0 unspecified atom stereocenters. The molecule has 0 aliphatic rings. The van der Waals surface area contributed by atoms with Crippen molar-refractivity contribution in [2.75, 3.05) is 13.1 Å². The minimum Gasteiger partial charge on any atom is -0.337 e. The van der Waals surface area contributed by atoms with E-state index in [9.17, 15) is 4.79 Å². The Morgan fingerprint density at radius 1 is 1.16 bits per heavy atom. The fourth-order valence-electron chi connectivity index (χ4n) is 1.46. The molecule has 0 aliphatic heterocycles. The quantitative estimate of drug-likeness (QED) is 0.782. The molecule has 0 radical (unpaired) electrons. The van der Waals surface area contributed by atoms with Crippen LogP contribution in [0, 0.1) is 22.7 Å². The minimum atomic E-state index is -0.322. The lowest BCUT2D eigenvalue weighted by atomic mass is 10.2. The van der Waals surface area contributed by atoms with Crippen molar-refractivity contribution in [1.82, 2.24) is 9.88 Å². The minimum absolute atomic E-state index is 0.122. The van der Waals surface area contributed by atoms with Gasteiger partial charge in [0.05, 0.1) is 25.0 Å². The van der Waals surface area contributed by atoms with Gasteiger partial charge in [0, 0.05) is 18.7 Å². The number of amides is 1. The average Bonchev–Trinajstić information content (AvgIpc) is 2.37. The van der Waals surface area contributed by atoms with Crippen LogP contribution >= 0.6 is 23.2 Å². The number of halogens is 2. The number of aromatic nitrogens is 1. The van der Waals surface area contributed by atoms with Gasteiger partial charge in [-0.1, -0.05) is 23.2 Å². The van der Waals surface area contributed by atoms with Crippen LogP contribution in [-0.2, 0) is 0 Å². The summed E-state index contributed by atoms with van der Waals surface area (Å²) in [5, 5.41) is 17.4. The van der Waals surface area contributed by atoms with Gasteiger partial charge in [0.15, 0.2) is 0 Å². The van der Waals surface area contributed by atoms with Gasteiger partial charge in [0.1, 0.15) is 10.3 Å². The third-order valence-electron chi connectivity index (χ3n) is 2.28. The van der Waals surface area contributed by atoms with Crippen molar-refractivity contribution in [2.24, 2.45) is 0 Å². The third-order valence-corrected chi connectivity index (χ3v) is 2.67. The Labute approximate surface area is 121 Å². The van der Waals surface area contributed by atoms with Gasteiger partial charge < -0.3 is 4.90 Å². The zero-order valence-electron chi connectivity index (χ0n) is 9.94. The lowest BCUT2D eigenvalue weighted by Gasteiger charge is -2.20. The summed E-state index contributed by atoms with van der Waals surface area (Å²) in [6.45, 7) is 0.517. The molecule has 98 valence electrons. The molecule has 1 heterocycles. The Kier molecular flexibility index (Phi) is 6.08. The van der Waals surface area contributed by atoms with Crippen molar-refractivity contribution >= 4 is 29.1 Å². The van der Waals surface area contributed by atoms with Crippen LogP contribution in [0.25, 0.3) is 0 Å². The number of nitrogens with zero attached hydrogens (tertiary/aromatic N) is 4. The van der Waals surface area contributed by atoms with Gasteiger partial charge in [0.2, 0.25) is 0 Å². The monoisotopic (exact) mass is 296 g/mol. The summed E-state index contributed by atoms with van der Waals surface area (Å²) in [6, 6.07) is 6.73. The van der Waals surface area contributed by atoms with Gasteiger partial charge in [-0.3, -0.25) is 4.79 Å². The molecule has 0 saturated heterocycles. The normalized spacial score (nSPS) is 9.47. The van der Waals surface area contributed by atoms with E-state index in [-0.39, 0.29) is 42.1 Å². The summed E-state index contributed by atoms with van der Waals surface area (Å²) in [7, 11) is 0. The van der Waals surface area contributed by atoms with E-state index in [0.717, 1.165) is 0 Å². The predicted octanol–water partition coefficient (Wildman–Crippen LogP) is 2.66. The molecule has 1 aromatic rings. The molecule has 0 spiro atoms. The van der Waals surface area contributed by atoms with Crippen LogP contribution in [0.1, 0.15) is 23.2 Å². The number of pyridine rings is 1. The molecule has 0 fully saturated rings. The van der Waals surface area contributed by atoms with E-state index in [4.69, 9.17) is 33.7 Å². The van der Waals surface area contributed by atoms with E-state index in [1.807, 2.05) is 12.1 Å². The average molecular weight is 297 g/mol. The topological polar surface area (TPSA) is 80.8 Å². The molecule has 0 bridgehead atoms. The van der Waals surface area contributed by atoms with Crippen LogP contribution in [-0.4, -0.2) is 28.9 Å². The maximum absolute atomic E-state index is 12.2. The number of hydrogen-bond donors (Lipinski definition) is 0. The molecule has 5 nitrogen and oxygen atoms in total. The third kappa shape index (κ3) is 4.75. The standard InChI is InChI=1S/C12H10Cl2N4O/c13-10-7-9(8-11(14)17-10)12(19)18(5-1-3-15)6-2-4-16/h7-8H,1-2,5-6H2. The van der Waals surface area contributed by atoms with Crippen molar-refractivity contribution in [2.45, 2.75) is 12.8 Å². The Bertz CT molecular complexity index is 509. The number of carbonyl (C=O) groups is 1. The Balaban J connectivity index is 2.91. The van der Waals surface area contributed by atoms with Crippen LogP contribution < -0.4 is 0 Å². The van der Waals surface area contributed by atoms with Crippen molar-refractivity contribution in [3.8, 4) is 12.1 Å². The zero-order valence-corrected chi connectivity index (χ0v) is 11.4. The molecule has 0 N–H and O–H groups in total. The van der Waals surface area contributed by atoms with E-state index in [1.54, 1.807) is 0 Å². The first-order chi connectivity index (χ1) is 9.08. The highest BCUT2D eigenvalue weighted by molar-refractivity contribution is 6.33. The summed E-state index contributed by atoms with van der Waals surface area (Å²) in [4.78, 5) is 17.4. The molecule has 1 rings (SSSR count). The van der Waals surface area contributed by atoms with Gasteiger partial charge in [-0.05, 0) is 12.1 Å². The van der Waals surface area contributed by atoms with Crippen LogP contribution in [0.4, 0.5) is 0 Å². The first-order valence-corrected chi connectivity index (χ1v) is 6.20. The number of nitriles is 2. The van der Waals surface area contributed by atoms with Crippen molar-refractivity contribution in [3.63, 3.8) is 0 Å². The molecule has 7 heteroatoms. The van der Waals surface area contributed by atoms with Crippen molar-refractivity contribution < 1.29 is 4.79 Å². The molecular formula is C12H10Cl2N4O. The molecule has 0 aromatic carbocycles. The maximum atomic E-state index is 12.2. The number of carbonyl (C=O) groups excluding carboxylic acids is 1. The summed E-state index contributed by atoms with van der Waals surface area (Å²) in [5.41, 5.74) is 0.292. The Morgan fingerprint density at radius 2 is 1.63 bits per heavy atom. The van der Waals surface area contributed by atoms with Gasteiger partial charge in [-0.2, -0.15) is 10.5 Å². The molecule has 0 saturated carbocycles. The molecule has 1 amide bonds. The number of hydrogen-bond acceptors (Lipinski definition) is 4. The lowest BCUT2D eigenvalue weighted by Crippen LogP contribution is -2.32. The smallest absolute Gasteiger partial charge is 0.254 e. The second kappa shape index (κ2) is 7.58. The number of rotatable bonds is 5. The molecule has 0 atom stereocenters. The first-order valence-electron chi connectivity index (χ1n) is 5.44. The summed E-state index contributed by atoms with van der Waals surface area (Å²) < 4.78 is 0.